The molecule has 4 N–H and O–H groups in total. The van der Waals surface area contributed by atoms with Crippen LogP contribution >= 0.6 is 0 Å². The fourth-order valence-electron chi connectivity index (χ4n) is 2.77. The topological polar surface area (TPSA) is 92.4 Å². The van der Waals surface area contributed by atoms with Gasteiger partial charge >= 0.3 is 5.97 Å². The molecule has 0 aromatic rings. The van der Waals surface area contributed by atoms with Crippen molar-refractivity contribution in [1.82, 2.24) is 5.32 Å². The van der Waals surface area contributed by atoms with E-state index < -0.39 is 11.5 Å². The Kier molecular flexibility index (Phi) is 5.79. The smallest absolute Gasteiger partial charge is 0.329 e. The molecule has 1 saturated carbocycles. The molecule has 1 unspecified atom stereocenters. The van der Waals surface area contributed by atoms with E-state index in [1.165, 1.54) is 0 Å². The van der Waals surface area contributed by atoms with Gasteiger partial charge in [-0.15, -0.1) is 0 Å². The lowest BCUT2D eigenvalue weighted by molar-refractivity contribution is -0.150. The molecule has 5 heteroatoms. The van der Waals surface area contributed by atoms with Crippen molar-refractivity contribution in [3.05, 3.63) is 0 Å². The first-order chi connectivity index (χ1) is 8.99. The number of carboxylic acids is 1. The first kappa shape index (κ1) is 16.0. The monoisotopic (exact) mass is 270 g/mol. The normalized spacial score (nSPS) is 28.7. The minimum absolute atomic E-state index is 0.220. The zero-order valence-corrected chi connectivity index (χ0v) is 11.9. The van der Waals surface area contributed by atoms with Crippen molar-refractivity contribution in [2.45, 2.75) is 57.9 Å². The van der Waals surface area contributed by atoms with Crippen LogP contribution in [0.4, 0.5) is 0 Å². The van der Waals surface area contributed by atoms with Gasteiger partial charge in [-0.1, -0.05) is 20.3 Å². The van der Waals surface area contributed by atoms with Gasteiger partial charge in [0.25, 0.3) is 0 Å². The highest BCUT2D eigenvalue weighted by atomic mass is 16.4. The van der Waals surface area contributed by atoms with Crippen LogP contribution in [0.5, 0.6) is 0 Å². The molecule has 0 radical (unpaired) electrons. The van der Waals surface area contributed by atoms with Crippen LogP contribution in [0.15, 0.2) is 0 Å². The van der Waals surface area contributed by atoms with E-state index in [0.29, 0.717) is 25.2 Å². The predicted molar refractivity (Wildman–Crippen MR) is 73.6 cm³/mol. The average Bonchev–Trinajstić information content (AvgIpc) is 2.40. The molecule has 0 saturated heterocycles. The molecular weight excluding hydrogens is 244 g/mol. The van der Waals surface area contributed by atoms with Gasteiger partial charge in [0.15, 0.2) is 0 Å². The molecular formula is C14H26N2O3. The van der Waals surface area contributed by atoms with Crippen LogP contribution in [0, 0.1) is 11.8 Å². The summed E-state index contributed by atoms with van der Waals surface area (Å²) in [7, 11) is 0. The van der Waals surface area contributed by atoms with Crippen LogP contribution in [0.1, 0.15) is 52.4 Å². The van der Waals surface area contributed by atoms with Crippen molar-refractivity contribution >= 4 is 11.9 Å². The lowest BCUT2D eigenvalue weighted by Gasteiger charge is -2.38. The van der Waals surface area contributed by atoms with Crippen molar-refractivity contribution in [3.8, 4) is 0 Å². The number of carboxylic acid groups (broad SMARTS) is 1. The number of hydrogen-bond acceptors (Lipinski definition) is 3. The first-order valence-corrected chi connectivity index (χ1v) is 7.24. The summed E-state index contributed by atoms with van der Waals surface area (Å²) in [6.45, 7) is 4.27. The summed E-state index contributed by atoms with van der Waals surface area (Å²) in [5.41, 5.74) is 4.47. The van der Waals surface area contributed by atoms with Gasteiger partial charge in [0.2, 0.25) is 5.91 Å². The molecule has 1 fully saturated rings. The number of aliphatic carboxylic acids is 1. The van der Waals surface area contributed by atoms with Crippen molar-refractivity contribution in [1.29, 1.82) is 0 Å². The maximum absolute atomic E-state index is 12.1. The minimum atomic E-state index is -1.08. The lowest BCUT2D eigenvalue weighted by atomic mass is 9.75. The molecule has 5 nitrogen and oxygen atoms in total. The third-order valence-corrected chi connectivity index (χ3v) is 4.46. The number of amides is 1. The molecule has 1 atom stereocenters. The average molecular weight is 270 g/mol. The Balaban J connectivity index is 2.74. The number of nitrogens with one attached hydrogen (secondary N) is 1. The van der Waals surface area contributed by atoms with Crippen molar-refractivity contribution in [3.63, 3.8) is 0 Å². The number of hydrogen-bond donors (Lipinski definition) is 3. The lowest BCUT2D eigenvalue weighted by Crippen LogP contribution is -2.58. The van der Waals surface area contributed by atoms with Crippen LogP contribution in [0.25, 0.3) is 0 Å². The second kappa shape index (κ2) is 6.89. The van der Waals surface area contributed by atoms with Gasteiger partial charge in [-0.3, -0.25) is 4.79 Å². The quantitative estimate of drug-likeness (QED) is 0.682. The Hall–Kier alpha value is -1.10. The summed E-state index contributed by atoms with van der Waals surface area (Å²) >= 11 is 0. The van der Waals surface area contributed by atoms with Gasteiger partial charge < -0.3 is 16.2 Å². The maximum Gasteiger partial charge on any atom is 0.329 e. The van der Waals surface area contributed by atoms with Crippen LogP contribution in [-0.4, -0.2) is 29.1 Å². The number of carbonyl (C=O) groups excluding carboxylic acids is 1. The Bertz CT molecular complexity index is 319. The fraction of sp³-hybridized carbons (Fsp3) is 0.857. The molecule has 0 aliphatic heterocycles. The van der Waals surface area contributed by atoms with E-state index in [2.05, 4.69) is 12.2 Å². The van der Waals surface area contributed by atoms with E-state index in [9.17, 15) is 14.7 Å². The molecule has 1 rings (SSSR count). The molecule has 0 heterocycles. The van der Waals surface area contributed by atoms with Gasteiger partial charge in [-0.25, -0.2) is 4.79 Å². The summed E-state index contributed by atoms with van der Waals surface area (Å²) in [5.74, 6) is -0.842. The zero-order chi connectivity index (χ0) is 14.5. The zero-order valence-electron chi connectivity index (χ0n) is 11.9. The molecule has 1 aliphatic rings. The van der Waals surface area contributed by atoms with E-state index in [-0.39, 0.29) is 18.4 Å². The Morgan fingerprint density at radius 3 is 2.32 bits per heavy atom. The highest BCUT2D eigenvalue weighted by Crippen LogP contribution is 2.34. The third kappa shape index (κ3) is 3.69. The second-order valence-electron chi connectivity index (χ2n) is 5.57. The molecule has 19 heavy (non-hydrogen) atoms. The van der Waals surface area contributed by atoms with Gasteiger partial charge in [0, 0.05) is 12.5 Å². The second-order valence-corrected chi connectivity index (χ2v) is 5.57. The number of carbonyl (C=O) groups is 2. The van der Waals surface area contributed by atoms with Crippen molar-refractivity contribution in [2.24, 2.45) is 17.6 Å². The van der Waals surface area contributed by atoms with E-state index in [4.69, 9.17) is 5.73 Å². The molecule has 0 aromatic heterocycles. The van der Waals surface area contributed by atoms with Crippen molar-refractivity contribution < 1.29 is 14.7 Å². The Morgan fingerprint density at radius 2 is 1.95 bits per heavy atom. The fourth-order valence-corrected chi connectivity index (χ4v) is 2.77. The summed E-state index contributed by atoms with van der Waals surface area (Å²) in [6, 6.07) is 0. The van der Waals surface area contributed by atoms with E-state index in [0.717, 1.165) is 19.3 Å². The largest absolute Gasteiger partial charge is 0.480 e. The summed E-state index contributed by atoms with van der Waals surface area (Å²) in [6.07, 6.45) is 4.48. The van der Waals surface area contributed by atoms with Crippen LogP contribution in [0.2, 0.25) is 0 Å². The van der Waals surface area contributed by atoms with Gasteiger partial charge in [0.05, 0.1) is 0 Å². The highest BCUT2D eigenvalue weighted by Gasteiger charge is 2.43. The van der Waals surface area contributed by atoms with Gasteiger partial charge in [-0.05, 0) is 38.0 Å². The number of nitrogens with two attached hydrogens (primary N) is 1. The maximum atomic E-state index is 12.1. The molecule has 1 aliphatic carbocycles. The molecule has 0 aromatic carbocycles. The van der Waals surface area contributed by atoms with Gasteiger partial charge in [-0.2, -0.15) is 0 Å². The third-order valence-electron chi connectivity index (χ3n) is 4.46. The highest BCUT2D eigenvalue weighted by molar-refractivity contribution is 5.88. The molecule has 1 amide bonds. The molecule has 0 bridgehead atoms. The van der Waals surface area contributed by atoms with Crippen LogP contribution in [0.3, 0.4) is 0 Å². The standard InChI is InChI=1S/C14H26N2O3/c1-3-10-5-7-14(8-6-10,13(18)19)16-12(17)11(4-2)9-15/h10-11H,3-9,15H2,1-2H3,(H,16,17)(H,18,19). The SMILES string of the molecule is CCC1CCC(NC(=O)C(CC)CN)(C(=O)O)CC1. The Labute approximate surface area is 114 Å². The van der Waals surface area contributed by atoms with Gasteiger partial charge in [0.1, 0.15) is 5.54 Å². The molecule has 110 valence electrons. The number of rotatable bonds is 6. The summed E-state index contributed by atoms with van der Waals surface area (Å²) in [4.78, 5) is 23.6. The summed E-state index contributed by atoms with van der Waals surface area (Å²) < 4.78 is 0. The van der Waals surface area contributed by atoms with E-state index in [1.807, 2.05) is 6.92 Å². The first-order valence-electron chi connectivity index (χ1n) is 7.24. The molecule has 0 spiro atoms. The summed E-state index contributed by atoms with van der Waals surface area (Å²) in [5, 5.41) is 12.2. The van der Waals surface area contributed by atoms with Crippen LogP contribution < -0.4 is 11.1 Å². The van der Waals surface area contributed by atoms with E-state index in [1.54, 1.807) is 0 Å². The Morgan fingerprint density at radius 1 is 1.37 bits per heavy atom. The van der Waals surface area contributed by atoms with Crippen molar-refractivity contribution in [2.75, 3.05) is 6.54 Å². The minimum Gasteiger partial charge on any atom is -0.480 e. The van der Waals surface area contributed by atoms with E-state index >= 15 is 0 Å². The van der Waals surface area contributed by atoms with Crippen LogP contribution in [-0.2, 0) is 9.59 Å². The predicted octanol–water partition coefficient (Wildman–Crippen LogP) is 1.51.